The van der Waals surface area contributed by atoms with Crippen LogP contribution in [-0.2, 0) is 71.7 Å². The minimum atomic E-state index is 0. The molecule has 8 aromatic rings. The van der Waals surface area contributed by atoms with Crippen molar-refractivity contribution in [2.24, 2.45) is 0 Å². The third-order valence-corrected chi connectivity index (χ3v) is 8.34. The van der Waals surface area contributed by atoms with Crippen molar-refractivity contribution in [1.29, 1.82) is 0 Å². The maximum Gasteiger partial charge on any atom is -0.147 e. The summed E-state index contributed by atoms with van der Waals surface area (Å²) in [4.78, 5) is 0. The number of hydrogen-bond acceptors (Lipinski definition) is 0. The molecule has 0 aliphatic carbocycles. The van der Waals surface area contributed by atoms with Crippen LogP contribution in [0.15, 0.2) is 146 Å². The van der Waals surface area contributed by atoms with Crippen LogP contribution in [0.3, 0.4) is 0 Å². The SMILES string of the molecule is CCc1cc2ccccc2[cH-]1.CCc1cc2ccccc2[cH-]1.CCc1cc2ccccc2[cH-]1.CCc1cc2ccccc2[cH-]1.C[Si](C)=[Hf+2].C[Si](C)=[Hf+2].Cl.Cl. The predicted octanol–water partition coefficient (Wildman–Crippen LogP) is 14.9. The Morgan fingerprint density at radius 2 is 0.537 bits per heavy atom. The summed E-state index contributed by atoms with van der Waals surface area (Å²) in [5, 5.41) is 10.9. The molecule has 0 aliphatic rings. The van der Waals surface area contributed by atoms with Crippen LogP contribution in [0.5, 0.6) is 0 Å². The van der Waals surface area contributed by atoms with Crippen molar-refractivity contribution >= 4 is 78.9 Å². The van der Waals surface area contributed by atoms with E-state index >= 15 is 0 Å². The molecule has 0 unspecified atom stereocenters. The molecular formula is C48H58Cl2Hf2Si2. The summed E-state index contributed by atoms with van der Waals surface area (Å²) in [5.74, 6) is 0. The van der Waals surface area contributed by atoms with Gasteiger partial charge in [0.1, 0.15) is 0 Å². The van der Waals surface area contributed by atoms with Crippen LogP contribution >= 0.6 is 24.8 Å². The van der Waals surface area contributed by atoms with Gasteiger partial charge in [0.15, 0.2) is 0 Å². The molecule has 0 heterocycles. The standard InChI is InChI=1S/4C11H11.2C2H6Si.2ClH.2Hf/c4*1-2-9-7-10-5-3-4-6-11(10)8-9;2*1-3-2;;;;/h4*3-8H,2H2,1H3;2*1-2H3;2*1H;;/q4*-1;;;;;2*+2. The summed E-state index contributed by atoms with van der Waals surface area (Å²) in [6.07, 6.45) is 4.53. The molecule has 280 valence electrons. The zero-order chi connectivity index (χ0) is 37.9. The van der Waals surface area contributed by atoms with E-state index in [1.165, 1.54) is 111 Å². The van der Waals surface area contributed by atoms with Gasteiger partial charge in [-0.25, -0.2) is 0 Å². The van der Waals surface area contributed by atoms with E-state index in [4.69, 9.17) is 0 Å². The van der Waals surface area contributed by atoms with Gasteiger partial charge in [0, 0.05) is 0 Å². The van der Waals surface area contributed by atoms with Gasteiger partial charge in [0.2, 0.25) is 0 Å². The summed E-state index contributed by atoms with van der Waals surface area (Å²) in [6.45, 7) is 18.1. The molecule has 0 aromatic heterocycles. The summed E-state index contributed by atoms with van der Waals surface area (Å²) in [6, 6.07) is 52.0. The molecule has 0 radical (unpaired) electrons. The Morgan fingerprint density at radius 3 is 0.685 bits per heavy atom. The van der Waals surface area contributed by atoms with Crippen LogP contribution in [0.4, 0.5) is 0 Å². The van der Waals surface area contributed by atoms with Gasteiger partial charge in [-0.1, -0.05) is 52.0 Å². The monoisotopic (exact) mass is 1120 g/mol. The molecule has 0 nitrogen and oxygen atoms in total. The predicted molar refractivity (Wildman–Crippen MR) is 245 cm³/mol. The van der Waals surface area contributed by atoms with Crippen molar-refractivity contribution in [1.82, 2.24) is 0 Å². The number of benzene rings is 4. The van der Waals surface area contributed by atoms with E-state index in [0.29, 0.717) is 0 Å². The molecule has 0 amide bonds. The Morgan fingerprint density at radius 1 is 0.370 bits per heavy atom. The van der Waals surface area contributed by atoms with Gasteiger partial charge < -0.3 is 0 Å². The molecule has 6 heteroatoms. The van der Waals surface area contributed by atoms with Crippen LogP contribution in [0.2, 0.25) is 26.2 Å². The molecule has 0 bridgehead atoms. The van der Waals surface area contributed by atoms with Crippen LogP contribution in [0.25, 0.3) is 43.1 Å². The van der Waals surface area contributed by atoms with Gasteiger partial charge in [0.25, 0.3) is 0 Å². The van der Waals surface area contributed by atoms with Gasteiger partial charge in [-0.05, 0) is 25.7 Å². The van der Waals surface area contributed by atoms with E-state index in [2.05, 4.69) is 199 Å². The minimum absolute atomic E-state index is 0. The average Bonchev–Trinajstić information content (AvgIpc) is 3.95. The fourth-order valence-electron chi connectivity index (χ4n) is 5.68. The van der Waals surface area contributed by atoms with E-state index in [9.17, 15) is 0 Å². The Bertz CT molecular complexity index is 1800. The van der Waals surface area contributed by atoms with Gasteiger partial charge in [-0.15, -0.1) is 187 Å². The second-order valence-electron chi connectivity index (χ2n) is 13.4. The third kappa shape index (κ3) is 17.9. The molecule has 0 saturated heterocycles. The van der Waals surface area contributed by atoms with Crippen LogP contribution in [0.1, 0.15) is 49.9 Å². The first-order valence-electron chi connectivity index (χ1n) is 18.7. The first-order valence-corrected chi connectivity index (χ1v) is 34.4. The Balaban J connectivity index is 0.000000334. The van der Waals surface area contributed by atoms with Crippen molar-refractivity contribution in [2.45, 2.75) is 79.6 Å². The summed E-state index contributed by atoms with van der Waals surface area (Å²) in [5.41, 5.74) is 6.26. The van der Waals surface area contributed by atoms with Crippen LogP contribution < -0.4 is 0 Å². The fraction of sp³-hybridized carbons (Fsp3) is 0.250. The minimum Gasteiger partial charge on any atom is -0.147 e. The second-order valence-corrected chi connectivity index (χ2v) is 38.9. The number of aryl methyl sites for hydroxylation is 4. The van der Waals surface area contributed by atoms with Crippen molar-refractivity contribution in [3.05, 3.63) is 168 Å². The largest absolute Gasteiger partial charge is 0.147 e. The van der Waals surface area contributed by atoms with Crippen molar-refractivity contribution < 1.29 is 46.0 Å². The first kappa shape index (κ1) is 50.1. The molecule has 54 heavy (non-hydrogen) atoms. The number of rotatable bonds is 4. The Labute approximate surface area is 368 Å². The van der Waals surface area contributed by atoms with Gasteiger partial charge in [-0.3, -0.25) is 0 Å². The molecule has 0 saturated carbocycles. The normalized spacial score (nSPS) is 9.70. The molecule has 0 N–H and O–H groups in total. The summed E-state index contributed by atoms with van der Waals surface area (Å²) >= 11 is 2.90. The number of hydrogen-bond donors (Lipinski definition) is 0. The summed E-state index contributed by atoms with van der Waals surface area (Å²) in [7, 11) is 0. The van der Waals surface area contributed by atoms with E-state index < -0.39 is 0 Å². The molecule has 8 aromatic carbocycles. The summed E-state index contributed by atoms with van der Waals surface area (Å²) < 4.78 is 0. The van der Waals surface area contributed by atoms with Crippen molar-refractivity contribution in [2.75, 3.05) is 0 Å². The molecule has 0 fully saturated rings. The van der Waals surface area contributed by atoms with Gasteiger partial charge in [-0.2, -0.15) is 24.3 Å². The molecule has 0 atom stereocenters. The quantitative estimate of drug-likeness (QED) is 0.122. The Kier molecular flexibility index (Phi) is 25.6. The van der Waals surface area contributed by atoms with Gasteiger partial charge >= 0.3 is 83.2 Å². The maximum atomic E-state index is 2.33. The van der Waals surface area contributed by atoms with Crippen molar-refractivity contribution in [3.63, 3.8) is 0 Å². The molecule has 8 rings (SSSR count). The van der Waals surface area contributed by atoms with E-state index in [1.54, 1.807) is 0 Å². The fourth-order valence-corrected chi connectivity index (χ4v) is 5.68. The maximum absolute atomic E-state index is 2.33. The van der Waals surface area contributed by atoms with Crippen LogP contribution in [0, 0.1) is 0 Å². The number of fused-ring (bicyclic) bond motifs is 4. The van der Waals surface area contributed by atoms with Crippen molar-refractivity contribution in [3.8, 4) is 0 Å². The third-order valence-electron chi connectivity index (χ3n) is 8.34. The number of halogens is 2. The zero-order valence-electron chi connectivity index (χ0n) is 33.5. The molecule has 0 spiro atoms. The Hall–Kier alpha value is -1.93. The first-order chi connectivity index (χ1) is 25.1. The molecule has 0 aliphatic heterocycles. The van der Waals surface area contributed by atoms with E-state index in [-0.39, 0.29) is 35.8 Å². The van der Waals surface area contributed by atoms with E-state index in [0.717, 1.165) is 25.7 Å². The van der Waals surface area contributed by atoms with Crippen LogP contribution in [-0.4, -0.2) is 11.0 Å². The van der Waals surface area contributed by atoms with Gasteiger partial charge in [0.05, 0.1) is 0 Å². The zero-order valence-corrected chi connectivity index (χ0v) is 44.3. The average molecular weight is 1120 g/mol. The second kappa shape index (κ2) is 27.6. The smallest absolute Gasteiger partial charge is 0.147 e. The molecular weight excluding hydrogens is 1060 g/mol. The topological polar surface area (TPSA) is 0 Å². The van der Waals surface area contributed by atoms with E-state index in [1.807, 2.05) is 0 Å².